The Bertz CT molecular complexity index is 592. The van der Waals surface area contributed by atoms with Crippen molar-refractivity contribution >= 4 is 34.0 Å². The van der Waals surface area contributed by atoms with Crippen molar-refractivity contribution in [3.05, 3.63) is 40.8 Å². The van der Waals surface area contributed by atoms with Crippen molar-refractivity contribution in [1.82, 2.24) is 4.98 Å². The number of hydrogen-bond acceptors (Lipinski definition) is 2. The number of halogens is 1. The van der Waals surface area contributed by atoms with Crippen molar-refractivity contribution in [3.8, 4) is 0 Å². The number of H-pyrrole nitrogens is 1. The molecule has 0 spiro atoms. The molecule has 0 radical (unpaired) electrons. The number of amides is 1. The largest absolute Gasteiger partial charge is 0.329 e. The average molecular weight is 237 g/mol. The Labute approximate surface area is 96.2 Å². The molecule has 0 atom stereocenters. The topological polar surface area (TPSA) is 62.0 Å². The molecule has 0 aliphatic heterocycles. The number of carbonyl (C=O) groups is 1. The van der Waals surface area contributed by atoms with Gasteiger partial charge >= 0.3 is 0 Å². The van der Waals surface area contributed by atoms with Crippen LogP contribution in [0.1, 0.15) is 0 Å². The second-order valence-corrected chi connectivity index (χ2v) is 3.56. The van der Waals surface area contributed by atoms with Crippen molar-refractivity contribution in [2.45, 2.75) is 0 Å². The zero-order chi connectivity index (χ0) is 11.5. The normalized spacial score (nSPS) is 10.3. The van der Waals surface area contributed by atoms with Crippen LogP contribution in [-0.2, 0) is 4.79 Å². The van der Waals surface area contributed by atoms with Gasteiger partial charge in [-0.3, -0.25) is 9.59 Å². The Morgan fingerprint density at radius 1 is 1.38 bits per heavy atom. The summed E-state index contributed by atoms with van der Waals surface area (Å²) in [6.45, 7) is 0. The highest BCUT2D eigenvalue weighted by molar-refractivity contribution is 6.29. The lowest BCUT2D eigenvalue weighted by atomic mass is 10.1. The number of fused-ring (bicyclic) bond motifs is 1. The first-order valence-corrected chi connectivity index (χ1v) is 5.21. The number of benzene rings is 1. The van der Waals surface area contributed by atoms with Gasteiger partial charge in [0.05, 0.1) is 0 Å². The Hall–Kier alpha value is -1.81. The first-order valence-electron chi connectivity index (χ1n) is 4.68. The number of aromatic nitrogens is 1. The molecular weight excluding hydrogens is 228 g/mol. The van der Waals surface area contributed by atoms with Crippen molar-refractivity contribution in [2.24, 2.45) is 0 Å². The standard InChI is InChI=1S/C11H9ClN2O2/c12-6-10(15)14-8-1-2-9-7(5-8)3-4-13-11(9)16/h1-5H,6H2,(H,13,16)(H,14,15). The second kappa shape index (κ2) is 4.37. The number of hydrogen-bond donors (Lipinski definition) is 2. The maximum atomic E-state index is 11.4. The fourth-order valence-corrected chi connectivity index (χ4v) is 1.53. The number of alkyl halides is 1. The molecule has 5 heteroatoms. The van der Waals surface area contributed by atoms with Crippen molar-refractivity contribution in [2.75, 3.05) is 11.2 Å². The molecule has 2 N–H and O–H groups in total. The van der Waals surface area contributed by atoms with E-state index in [-0.39, 0.29) is 17.3 Å². The fourth-order valence-electron chi connectivity index (χ4n) is 1.46. The summed E-state index contributed by atoms with van der Waals surface area (Å²) in [5.41, 5.74) is 0.483. The molecule has 0 aliphatic carbocycles. The molecule has 16 heavy (non-hydrogen) atoms. The molecule has 0 aliphatic rings. The van der Waals surface area contributed by atoms with Gasteiger partial charge in [0, 0.05) is 17.3 Å². The first-order chi connectivity index (χ1) is 7.70. The zero-order valence-corrected chi connectivity index (χ0v) is 9.04. The van der Waals surface area contributed by atoms with Crippen LogP contribution in [0.3, 0.4) is 0 Å². The van der Waals surface area contributed by atoms with E-state index in [1.165, 1.54) is 0 Å². The smallest absolute Gasteiger partial charge is 0.255 e. The quantitative estimate of drug-likeness (QED) is 0.780. The summed E-state index contributed by atoms with van der Waals surface area (Å²) < 4.78 is 0. The molecule has 0 fully saturated rings. The van der Waals surface area contributed by atoms with Gasteiger partial charge < -0.3 is 10.3 Å². The number of nitrogens with one attached hydrogen (secondary N) is 2. The highest BCUT2D eigenvalue weighted by atomic mass is 35.5. The van der Waals surface area contributed by atoms with Gasteiger partial charge in [0.2, 0.25) is 5.91 Å². The molecule has 0 unspecified atom stereocenters. The summed E-state index contributed by atoms with van der Waals surface area (Å²) in [6, 6.07) is 6.84. The van der Waals surface area contributed by atoms with Gasteiger partial charge in [-0.1, -0.05) is 0 Å². The number of pyridine rings is 1. The Morgan fingerprint density at radius 2 is 2.19 bits per heavy atom. The fraction of sp³-hybridized carbons (Fsp3) is 0.0909. The maximum Gasteiger partial charge on any atom is 0.255 e. The summed E-state index contributed by atoms with van der Waals surface area (Å²) in [4.78, 5) is 25.1. The minimum Gasteiger partial charge on any atom is -0.329 e. The summed E-state index contributed by atoms with van der Waals surface area (Å²) in [5.74, 6) is -0.362. The molecule has 2 aromatic rings. The Kier molecular flexibility index (Phi) is 2.92. The monoisotopic (exact) mass is 236 g/mol. The third-order valence-electron chi connectivity index (χ3n) is 2.18. The molecular formula is C11H9ClN2O2. The zero-order valence-electron chi connectivity index (χ0n) is 8.29. The number of rotatable bonds is 2. The highest BCUT2D eigenvalue weighted by Gasteiger charge is 2.02. The lowest BCUT2D eigenvalue weighted by Crippen LogP contribution is -2.12. The van der Waals surface area contributed by atoms with E-state index >= 15 is 0 Å². The van der Waals surface area contributed by atoms with E-state index in [1.807, 2.05) is 0 Å². The van der Waals surface area contributed by atoms with Crippen LogP contribution in [0.15, 0.2) is 35.3 Å². The van der Waals surface area contributed by atoms with Crippen molar-refractivity contribution in [3.63, 3.8) is 0 Å². The van der Waals surface area contributed by atoms with Gasteiger partial charge in [0.15, 0.2) is 0 Å². The molecule has 82 valence electrons. The Balaban J connectivity index is 2.45. The number of carbonyl (C=O) groups excluding carboxylic acids is 1. The molecule has 1 aromatic carbocycles. The van der Waals surface area contributed by atoms with Gasteiger partial charge in [-0.2, -0.15) is 0 Å². The van der Waals surface area contributed by atoms with E-state index in [0.29, 0.717) is 11.1 Å². The minimum atomic E-state index is -0.272. The molecule has 0 saturated carbocycles. The lowest BCUT2D eigenvalue weighted by Gasteiger charge is -2.03. The van der Waals surface area contributed by atoms with Gasteiger partial charge in [0.25, 0.3) is 5.56 Å². The molecule has 2 rings (SSSR count). The molecule has 1 aromatic heterocycles. The van der Waals surface area contributed by atoms with Crippen LogP contribution in [0.2, 0.25) is 0 Å². The van der Waals surface area contributed by atoms with Crippen LogP contribution in [-0.4, -0.2) is 16.8 Å². The van der Waals surface area contributed by atoms with E-state index in [2.05, 4.69) is 10.3 Å². The van der Waals surface area contributed by atoms with Crippen LogP contribution in [0, 0.1) is 0 Å². The van der Waals surface area contributed by atoms with Crippen LogP contribution < -0.4 is 10.9 Å². The molecule has 0 bridgehead atoms. The third-order valence-corrected chi connectivity index (χ3v) is 2.42. The van der Waals surface area contributed by atoms with Crippen molar-refractivity contribution < 1.29 is 4.79 Å². The van der Waals surface area contributed by atoms with E-state index in [9.17, 15) is 9.59 Å². The molecule has 4 nitrogen and oxygen atoms in total. The number of aromatic amines is 1. The summed E-state index contributed by atoms with van der Waals surface area (Å²) >= 11 is 5.38. The first kappa shape index (κ1) is 10.7. The van der Waals surface area contributed by atoms with E-state index in [4.69, 9.17) is 11.6 Å². The summed E-state index contributed by atoms with van der Waals surface area (Å²) in [6.07, 6.45) is 1.57. The van der Waals surface area contributed by atoms with Crippen LogP contribution in [0.25, 0.3) is 10.8 Å². The Morgan fingerprint density at radius 3 is 2.94 bits per heavy atom. The second-order valence-electron chi connectivity index (χ2n) is 3.29. The third kappa shape index (κ3) is 2.06. The van der Waals surface area contributed by atoms with Crippen molar-refractivity contribution in [1.29, 1.82) is 0 Å². The number of anilines is 1. The minimum absolute atomic E-state index is 0.0899. The van der Waals surface area contributed by atoms with E-state index in [1.54, 1.807) is 30.5 Å². The summed E-state index contributed by atoms with van der Waals surface area (Å²) in [5, 5.41) is 3.98. The van der Waals surface area contributed by atoms with Gasteiger partial charge in [-0.15, -0.1) is 11.6 Å². The van der Waals surface area contributed by atoms with Gasteiger partial charge in [0.1, 0.15) is 5.88 Å². The van der Waals surface area contributed by atoms with Crippen LogP contribution in [0.4, 0.5) is 5.69 Å². The highest BCUT2D eigenvalue weighted by Crippen LogP contribution is 2.15. The van der Waals surface area contributed by atoms with Crippen LogP contribution >= 0.6 is 11.6 Å². The van der Waals surface area contributed by atoms with Gasteiger partial charge in [-0.25, -0.2) is 0 Å². The lowest BCUT2D eigenvalue weighted by molar-refractivity contribution is -0.113. The predicted molar refractivity (Wildman–Crippen MR) is 63.9 cm³/mol. The van der Waals surface area contributed by atoms with E-state index < -0.39 is 0 Å². The average Bonchev–Trinajstić information content (AvgIpc) is 2.29. The van der Waals surface area contributed by atoms with E-state index in [0.717, 1.165) is 5.39 Å². The maximum absolute atomic E-state index is 11.4. The molecule has 0 saturated heterocycles. The molecule has 1 heterocycles. The van der Waals surface area contributed by atoms with Crippen LogP contribution in [0.5, 0.6) is 0 Å². The predicted octanol–water partition coefficient (Wildman–Crippen LogP) is 1.71. The SMILES string of the molecule is O=C(CCl)Nc1ccc2c(=O)[nH]ccc2c1. The summed E-state index contributed by atoms with van der Waals surface area (Å²) in [7, 11) is 0. The molecule has 1 amide bonds. The van der Waals surface area contributed by atoms with Gasteiger partial charge in [-0.05, 0) is 29.7 Å².